The molecule has 128 valence electrons. The molecule has 1 aliphatic rings. The Morgan fingerprint density at radius 3 is 2.20 bits per heavy atom. The highest BCUT2D eigenvalue weighted by Crippen LogP contribution is 2.36. The highest BCUT2D eigenvalue weighted by molar-refractivity contribution is 6.41. The molecule has 0 heterocycles. The number of halogens is 2. The maximum atomic E-state index is 7.90. The van der Waals surface area contributed by atoms with Crippen LogP contribution in [0.2, 0.25) is 0 Å². The third-order valence-electron chi connectivity index (χ3n) is 4.34. The fourth-order valence-electron chi connectivity index (χ4n) is 2.88. The van der Waals surface area contributed by atoms with Gasteiger partial charge in [0, 0.05) is 11.4 Å². The monoisotopic (exact) mass is 371 g/mol. The molecule has 0 spiro atoms. The van der Waals surface area contributed by atoms with Crippen LogP contribution in [0.3, 0.4) is 0 Å². The van der Waals surface area contributed by atoms with E-state index in [-0.39, 0.29) is 0 Å². The molecule has 0 amide bonds. The minimum absolute atomic E-state index is 0.315. The zero-order valence-corrected chi connectivity index (χ0v) is 15.3. The molecule has 25 heavy (non-hydrogen) atoms. The van der Waals surface area contributed by atoms with E-state index in [0.717, 1.165) is 33.5 Å². The predicted molar refractivity (Wildman–Crippen MR) is 109 cm³/mol. The number of aryl methyl sites for hydroxylation is 1. The minimum Gasteiger partial charge on any atom is -0.399 e. The third kappa shape index (κ3) is 3.44. The van der Waals surface area contributed by atoms with E-state index in [2.05, 4.69) is 0 Å². The Morgan fingerprint density at radius 2 is 1.56 bits per heavy atom. The molecule has 0 bridgehead atoms. The molecular formula is C20H19Cl2N3. The normalized spacial score (nSPS) is 22.1. The molecule has 0 saturated heterocycles. The number of benzene rings is 2. The second kappa shape index (κ2) is 6.95. The van der Waals surface area contributed by atoms with Crippen molar-refractivity contribution in [3.05, 3.63) is 76.9 Å². The van der Waals surface area contributed by atoms with Crippen molar-refractivity contribution in [1.82, 2.24) is 0 Å². The Kier molecular flexibility index (Phi) is 4.89. The van der Waals surface area contributed by atoms with Gasteiger partial charge >= 0.3 is 0 Å². The van der Waals surface area contributed by atoms with Crippen LogP contribution in [0.15, 0.2) is 60.2 Å². The molecule has 0 aromatic heterocycles. The van der Waals surface area contributed by atoms with Crippen LogP contribution in [0.1, 0.15) is 16.7 Å². The van der Waals surface area contributed by atoms with Gasteiger partial charge in [0.2, 0.25) is 0 Å². The fraction of sp³-hybridized carbons (Fsp3) is 0.150. The number of hydrogen-bond donors (Lipinski definition) is 3. The molecule has 2 aromatic rings. The summed E-state index contributed by atoms with van der Waals surface area (Å²) in [5, 5.41) is 6.83. The molecule has 0 fully saturated rings. The summed E-state index contributed by atoms with van der Waals surface area (Å²) in [7, 11) is 0. The first-order valence-corrected chi connectivity index (χ1v) is 8.77. The number of alkyl halides is 2. The lowest BCUT2D eigenvalue weighted by atomic mass is 9.86. The lowest BCUT2D eigenvalue weighted by molar-refractivity contribution is 1.04. The maximum absolute atomic E-state index is 7.90. The van der Waals surface area contributed by atoms with Crippen LogP contribution in [-0.2, 0) is 0 Å². The maximum Gasteiger partial charge on any atom is 0.0954 e. The van der Waals surface area contributed by atoms with Gasteiger partial charge < -0.3 is 16.9 Å². The van der Waals surface area contributed by atoms with Crippen LogP contribution in [0.5, 0.6) is 0 Å². The van der Waals surface area contributed by atoms with Gasteiger partial charge in [-0.15, -0.1) is 23.2 Å². The quantitative estimate of drug-likeness (QED) is 0.525. The van der Waals surface area contributed by atoms with Gasteiger partial charge in [-0.3, -0.25) is 0 Å². The summed E-state index contributed by atoms with van der Waals surface area (Å²) in [6.07, 6.45) is 3.57. The van der Waals surface area contributed by atoms with Crippen molar-refractivity contribution < 1.29 is 0 Å². The van der Waals surface area contributed by atoms with Crippen molar-refractivity contribution >= 4 is 45.9 Å². The minimum atomic E-state index is -0.569. The first kappa shape index (κ1) is 17.6. The van der Waals surface area contributed by atoms with E-state index < -0.39 is 10.8 Å². The number of hydrogen-bond acceptors (Lipinski definition) is 3. The van der Waals surface area contributed by atoms with Crippen molar-refractivity contribution in [2.75, 3.05) is 11.5 Å². The van der Waals surface area contributed by atoms with Crippen LogP contribution >= 0.6 is 23.2 Å². The predicted octanol–water partition coefficient (Wildman–Crippen LogP) is 4.77. The number of anilines is 2. The van der Waals surface area contributed by atoms with Gasteiger partial charge in [0.05, 0.1) is 16.5 Å². The van der Waals surface area contributed by atoms with E-state index in [1.807, 2.05) is 55.5 Å². The average Bonchev–Trinajstić information content (AvgIpc) is 2.59. The van der Waals surface area contributed by atoms with E-state index in [1.54, 1.807) is 6.08 Å². The SMILES string of the molecule is Cc1cc(C(=C2C=CC(=N)C(Cl)C2Cl)c2ccc(N)cc2)ccc1N. The van der Waals surface area contributed by atoms with E-state index in [1.165, 1.54) is 0 Å². The van der Waals surface area contributed by atoms with Crippen molar-refractivity contribution in [3.8, 4) is 0 Å². The Bertz CT molecular complexity index is 882. The van der Waals surface area contributed by atoms with E-state index in [9.17, 15) is 0 Å². The lowest BCUT2D eigenvalue weighted by Crippen LogP contribution is -2.28. The van der Waals surface area contributed by atoms with Gasteiger partial charge in [0.15, 0.2) is 0 Å². The molecule has 5 heteroatoms. The van der Waals surface area contributed by atoms with Crippen LogP contribution in [0.4, 0.5) is 11.4 Å². The van der Waals surface area contributed by atoms with Crippen LogP contribution in [-0.4, -0.2) is 16.5 Å². The topological polar surface area (TPSA) is 75.9 Å². The van der Waals surface area contributed by atoms with Gasteiger partial charge in [-0.25, -0.2) is 0 Å². The smallest absolute Gasteiger partial charge is 0.0954 e. The van der Waals surface area contributed by atoms with E-state index in [0.29, 0.717) is 11.4 Å². The molecule has 3 rings (SSSR count). The second-order valence-electron chi connectivity index (χ2n) is 6.12. The van der Waals surface area contributed by atoms with Crippen LogP contribution < -0.4 is 11.5 Å². The Balaban J connectivity index is 2.27. The molecule has 0 radical (unpaired) electrons. The molecule has 2 atom stereocenters. The van der Waals surface area contributed by atoms with Crippen LogP contribution in [0.25, 0.3) is 5.57 Å². The number of nitrogens with two attached hydrogens (primary N) is 2. The van der Waals surface area contributed by atoms with Gasteiger partial charge in [0.25, 0.3) is 0 Å². The summed E-state index contributed by atoms with van der Waals surface area (Å²) in [6, 6.07) is 13.5. The molecule has 2 unspecified atom stereocenters. The molecule has 3 nitrogen and oxygen atoms in total. The number of rotatable bonds is 2. The highest BCUT2D eigenvalue weighted by atomic mass is 35.5. The average molecular weight is 372 g/mol. The van der Waals surface area contributed by atoms with Crippen molar-refractivity contribution in [2.24, 2.45) is 0 Å². The molecular weight excluding hydrogens is 353 g/mol. The summed E-state index contributed by atoms with van der Waals surface area (Å²) in [4.78, 5) is 0. The zero-order chi connectivity index (χ0) is 18.1. The van der Waals surface area contributed by atoms with Crippen molar-refractivity contribution in [2.45, 2.75) is 17.7 Å². The number of nitrogen functional groups attached to an aromatic ring is 2. The molecule has 0 saturated carbocycles. The first-order chi connectivity index (χ1) is 11.9. The Morgan fingerprint density at radius 1 is 0.920 bits per heavy atom. The zero-order valence-electron chi connectivity index (χ0n) is 13.8. The van der Waals surface area contributed by atoms with Gasteiger partial charge in [-0.1, -0.05) is 24.3 Å². The fourth-order valence-corrected chi connectivity index (χ4v) is 3.41. The highest BCUT2D eigenvalue weighted by Gasteiger charge is 2.29. The number of nitrogens with one attached hydrogen (secondary N) is 1. The van der Waals surface area contributed by atoms with Crippen molar-refractivity contribution in [1.29, 1.82) is 5.41 Å². The standard InChI is InChI=1S/C20H19Cl2N3/c1-11-10-13(4-8-16(11)24)18(12-2-5-14(23)6-3-12)15-7-9-17(25)20(22)19(15)21/h2-10,19-20,25H,23-24H2,1H3. The van der Waals surface area contributed by atoms with E-state index in [4.69, 9.17) is 40.1 Å². The lowest BCUT2D eigenvalue weighted by Gasteiger charge is -2.25. The summed E-state index contributed by atoms with van der Waals surface area (Å²) in [5.41, 5.74) is 18.4. The summed E-state index contributed by atoms with van der Waals surface area (Å²) < 4.78 is 0. The summed E-state index contributed by atoms with van der Waals surface area (Å²) in [6.45, 7) is 1.97. The molecule has 2 aromatic carbocycles. The van der Waals surface area contributed by atoms with Gasteiger partial charge in [-0.05, 0) is 65.1 Å². The Hall–Kier alpha value is -2.23. The largest absolute Gasteiger partial charge is 0.399 e. The summed E-state index contributed by atoms with van der Waals surface area (Å²) in [5.74, 6) is 0. The third-order valence-corrected chi connectivity index (χ3v) is 5.44. The number of allylic oxidation sites excluding steroid dienone is 3. The van der Waals surface area contributed by atoms with E-state index >= 15 is 0 Å². The van der Waals surface area contributed by atoms with Gasteiger partial charge in [-0.2, -0.15) is 0 Å². The molecule has 0 aliphatic heterocycles. The molecule has 1 aliphatic carbocycles. The molecule has 5 N–H and O–H groups in total. The Labute approximate surface area is 157 Å². The van der Waals surface area contributed by atoms with Crippen molar-refractivity contribution in [3.63, 3.8) is 0 Å². The van der Waals surface area contributed by atoms with Gasteiger partial charge in [0.1, 0.15) is 0 Å². The summed E-state index contributed by atoms with van der Waals surface area (Å²) >= 11 is 12.9. The second-order valence-corrected chi connectivity index (χ2v) is 7.06. The van der Waals surface area contributed by atoms with Crippen LogP contribution in [0, 0.1) is 12.3 Å². The first-order valence-electron chi connectivity index (χ1n) is 7.89.